The summed E-state index contributed by atoms with van der Waals surface area (Å²) in [6.07, 6.45) is 6.92. The molecule has 0 radical (unpaired) electrons. The van der Waals surface area contributed by atoms with Gasteiger partial charge < -0.3 is 20.1 Å². The third-order valence-corrected chi connectivity index (χ3v) is 4.76. The Morgan fingerprint density at radius 2 is 1.84 bits per heavy atom. The minimum absolute atomic E-state index is 0.487. The Morgan fingerprint density at radius 1 is 1.04 bits per heavy atom. The molecule has 2 aliphatic heterocycles. The summed E-state index contributed by atoms with van der Waals surface area (Å²) in [5, 5.41) is 8.53. The van der Waals surface area contributed by atoms with E-state index >= 15 is 0 Å². The number of aliphatic imine (C=N–C) groups is 1. The van der Waals surface area contributed by atoms with Gasteiger partial charge in [0.05, 0.1) is 0 Å². The molecule has 2 aromatic rings. The van der Waals surface area contributed by atoms with Crippen LogP contribution in [0.25, 0.3) is 0 Å². The van der Waals surface area contributed by atoms with Gasteiger partial charge in [0, 0.05) is 51.5 Å². The molecule has 2 N–H and O–H groups in total. The van der Waals surface area contributed by atoms with Crippen LogP contribution in [-0.4, -0.2) is 61.8 Å². The lowest BCUT2D eigenvalue weighted by Crippen LogP contribution is -2.51. The van der Waals surface area contributed by atoms with E-state index in [9.17, 15) is 0 Å². The molecule has 0 saturated carbocycles. The zero-order valence-corrected chi connectivity index (χ0v) is 14.3. The molecule has 4 rings (SSSR count). The largest absolute Gasteiger partial charge is 0.370 e. The third-order valence-electron chi connectivity index (χ3n) is 4.76. The first-order valence-corrected chi connectivity index (χ1v) is 8.79. The molecule has 4 heterocycles. The number of guanidine groups is 1. The van der Waals surface area contributed by atoms with Gasteiger partial charge in [-0.05, 0) is 18.9 Å². The van der Waals surface area contributed by atoms with Crippen LogP contribution in [-0.2, 0) is 19.5 Å². The van der Waals surface area contributed by atoms with Gasteiger partial charge in [0.2, 0.25) is 5.95 Å². The number of aryl methyl sites for hydroxylation is 1. The lowest BCUT2D eigenvalue weighted by atomic mass is 10.2. The molecule has 0 spiro atoms. The van der Waals surface area contributed by atoms with Gasteiger partial charge in [-0.2, -0.15) is 0 Å². The highest BCUT2D eigenvalue weighted by Crippen LogP contribution is 2.15. The summed E-state index contributed by atoms with van der Waals surface area (Å²) >= 11 is 0. The average molecular weight is 341 g/mol. The van der Waals surface area contributed by atoms with Crippen molar-refractivity contribution < 1.29 is 0 Å². The Morgan fingerprint density at radius 3 is 2.64 bits per heavy atom. The van der Waals surface area contributed by atoms with Gasteiger partial charge in [-0.3, -0.25) is 0 Å². The van der Waals surface area contributed by atoms with Gasteiger partial charge in [0.1, 0.15) is 12.4 Å². The van der Waals surface area contributed by atoms with E-state index in [0.717, 1.165) is 56.7 Å². The molecule has 25 heavy (non-hydrogen) atoms. The van der Waals surface area contributed by atoms with Crippen molar-refractivity contribution in [3.05, 3.63) is 30.1 Å². The van der Waals surface area contributed by atoms with E-state index < -0.39 is 0 Å². The summed E-state index contributed by atoms with van der Waals surface area (Å²) in [6, 6.07) is 1.83. The Kier molecular flexibility index (Phi) is 4.45. The second-order valence-electron chi connectivity index (χ2n) is 6.34. The minimum Gasteiger partial charge on any atom is -0.370 e. The molecule has 0 atom stereocenters. The first kappa shape index (κ1) is 15.8. The van der Waals surface area contributed by atoms with Crippen molar-refractivity contribution in [2.24, 2.45) is 10.7 Å². The quantitative estimate of drug-likeness (QED) is 0.621. The van der Waals surface area contributed by atoms with Crippen molar-refractivity contribution in [2.45, 2.75) is 32.4 Å². The van der Waals surface area contributed by atoms with Crippen LogP contribution in [0.15, 0.2) is 23.5 Å². The van der Waals surface area contributed by atoms with E-state index in [-0.39, 0.29) is 0 Å². The van der Waals surface area contributed by atoms with Crippen molar-refractivity contribution in [1.82, 2.24) is 29.6 Å². The topological polar surface area (TPSA) is 101 Å². The lowest BCUT2D eigenvalue weighted by molar-refractivity contribution is 0.377. The summed E-state index contributed by atoms with van der Waals surface area (Å²) in [6.45, 7) is 4.77. The number of hydrogen-bond acceptors (Lipinski definition) is 6. The zero-order chi connectivity index (χ0) is 17.1. The van der Waals surface area contributed by atoms with Crippen LogP contribution in [0.2, 0.25) is 0 Å². The molecule has 0 bridgehead atoms. The number of nitrogens with two attached hydrogens (primary N) is 1. The van der Waals surface area contributed by atoms with Gasteiger partial charge in [-0.25, -0.2) is 15.0 Å². The van der Waals surface area contributed by atoms with Crippen LogP contribution >= 0.6 is 0 Å². The van der Waals surface area contributed by atoms with E-state index in [0.29, 0.717) is 12.5 Å². The first-order valence-electron chi connectivity index (χ1n) is 8.79. The van der Waals surface area contributed by atoms with Gasteiger partial charge in [0.25, 0.3) is 0 Å². The standard InChI is InChI=1S/C16H23N9/c17-15(20-12-14-22-21-13-4-1-2-7-25(13)14)23-8-10-24(11-9-23)16-18-5-3-6-19-16/h3,5-6H,1-2,4,7-12H2,(H2,17,20). The fourth-order valence-electron chi connectivity index (χ4n) is 3.33. The molecule has 1 fully saturated rings. The van der Waals surface area contributed by atoms with Gasteiger partial charge in [-0.15, -0.1) is 10.2 Å². The van der Waals surface area contributed by atoms with Crippen molar-refractivity contribution in [3.8, 4) is 0 Å². The van der Waals surface area contributed by atoms with Crippen molar-refractivity contribution >= 4 is 11.9 Å². The number of rotatable bonds is 3. The number of nitrogens with zero attached hydrogens (tertiary/aromatic N) is 8. The predicted octanol–water partition coefficient (Wildman–Crippen LogP) is 0.0413. The molecular weight excluding hydrogens is 318 g/mol. The van der Waals surface area contributed by atoms with Gasteiger partial charge in [0.15, 0.2) is 11.8 Å². The van der Waals surface area contributed by atoms with Crippen molar-refractivity contribution in [1.29, 1.82) is 0 Å². The second kappa shape index (κ2) is 7.04. The Labute approximate surface area is 146 Å². The van der Waals surface area contributed by atoms with Crippen LogP contribution in [0.5, 0.6) is 0 Å². The van der Waals surface area contributed by atoms with Crippen molar-refractivity contribution in [2.75, 3.05) is 31.1 Å². The number of anilines is 1. The van der Waals surface area contributed by atoms with Crippen LogP contribution in [0.1, 0.15) is 24.5 Å². The van der Waals surface area contributed by atoms with E-state index in [4.69, 9.17) is 5.73 Å². The van der Waals surface area contributed by atoms with Crippen LogP contribution < -0.4 is 10.6 Å². The number of fused-ring (bicyclic) bond motifs is 1. The minimum atomic E-state index is 0.487. The highest BCUT2D eigenvalue weighted by Gasteiger charge is 2.20. The summed E-state index contributed by atoms with van der Waals surface area (Å²) in [5.41, 5.74) is 6.19. The Balaban J connectivity index is 1.35. The molecule has 0 unspecified atom stereocenters. The zero-order valence-electron chi connectivity index (χ0n) is 14.3. The highest BCUT2D eigenvalue weighted by molar-refractivity contribution is 5.78. The van der Waals surface area contributed by atoms with E-state index in [1.54, 1.807) is 12.4 Å². The Hall–Kier alpha value is -2.71. The van der Waals surface area contributed by atoms with Crippen LogP contribution in [0.3, 0.4) is 0 Å². The molecule has 0 amide bonds. The number of aromatic nitrogens is 5. The monoisotopic (exact) mass is 341 g/mol. The summed E-state index contributed by atoms with van der Waals surface area (Å²) < 4.78 is 2.19. The smallest absolute Gasteiger partial charge is 0.225 e. The molecule has 2 aromatic heterocycles. The van der Waals surface area contributed by atoms with Gasteiger partial charge in [-0.1, -0.05) is 0 Å². The maximum atomic E-state index is 6.19. The van der Waals surface area contributed by atoms with Gasteiger partial charge >= 0.3 is 0 Å². The van der Waals surface area contributed by atoms with E-state index in [1.165, 1.54) is 12.8 Å². The SMILES string of the molecule is NC(=NCc1nnc2n1CCCC2)N1CCN(c2ncccn2)CC1. The molecule has 0 aliphatic carbocycles. The average Bonchev–Trinajstić information content (AvgIpc) is 3.10. The number of piperazine rings is 1. The maximum absolute atomic E-state index is 6.19. The summed E-state index contributed by atoms with van der Waals surface area (Å²) in [4.78, 5) is 17.4. The molecule has 2 aliphatic rings. The fraction of sp³-hybridized carbons (Fsp3) is 0.562. The third kappa shape index (κ3) is 3.40. The Bertz CT molecular complexity index is 731. The number of hydrogen-bond donors (Lipinski definition) is 1. The van der Waals surface area contributed by atoms with Crippen LogP contribution in [0.4, 0.5) is 5.95 Å². The van der Waals surface area contributed by atoms with E-state index in [1.807, 2.05) is 6.07 Å². The predicted molar refractivity (Wildman–Crippen MR) is 94.1 cm³/mol. The lowest BCUT2D eigenvalue weighted by Gasteiger charge is -2.35. The van der Waals surface area contributed by atoms with E-state index in [2.05, 4.69) is 39.5 Å². The molecule has 9 nitrogen and oxygen atoms in total. The summed E-state index contributed by atoms with van der Waals surface area (Å²) in [5.74, 6) is 3.33. The van der Waals surface area contributed by atoms with Crippen LogP contribution in [0, 0.1) is 0 Å². The molecular formula is C16H23N9. The molecule has 9 heteroatoms. The molecule has 132 valence electrons. The fourth-order valence-corrected chi connectivity index (χ4v) is 3.33. The summed E-state index contributed by atoms with van der Waals surface area (Å²) in [7, 11) is 0. The normalized spacial score (nSPS) is 18.3. The molecule has 1 saturated heterocycles. The van der Waals surface area contributed by atoms with Crippen molar-refractivity contribution in [3.63, 3.8) is 0 Å². The maximum Gasteiger partial charge on any atom is 0.225 e. The second-order valence-corrected chi connectivity index (χ2v) is 6.34. The molecule has 0 aromatic carbocycles. The first-order chi connectivity index (χ1) is 12.3. The highest BCUT2D eigenvalue weighted by atomic mass is 15.4.